The van der Waals surface area contributed by atoms with Crippen LogP contribution in [0.15, 0.2) is 17.1 Å². The molecule has 0 aromatic carbocycles. The van der Waals surface area contributed by atoms with Gasteiger partial charge in [0.15, 0.2) is 11.8 Å². The van der Waals surface area contributed by atoms with E-state index >= 15 is 0 Å². The summed E-state index contributed by atoms with van der Waals surface area (Å²) in [6, 6.07) is 1.34. The fraction of sp³-hybridized carbons (Fsp3) is 0.429. The number of nitrogens with one attached hydrogen (secondary N) is 1. The van der Waals surface area contributed by atoms with Gasteiger partial charge in [0.05, 0.1) is 12.0 Å². The number of aliphatic hydroxyl groups excluding tert-OH is 1. The van der Waals surface area contributed by atoms with Gasteiger partial charge in [0.2, 0.25) is 0 Å². The van der Waals surface area contributed by atoms with E-state index in [1.54, 1.807) is 0 Å². The molecule has 1 saturated heterocycles. The topological polar surface area (TPSA) is 260 Å². The number of phosphoric ester groups is 1. The fourth-order valence-corrected chi connectivity index (χ4v) is 6.18. The van der Waals surface area contributed by atoms with Crippen LogP contribution in [0.1, 0.15) is 12.1 Å². The molecule has 2 aromatic heterocycles. The number of phosphoric acid groups is 3. The van der Waals surface area contributed by atoms with Crippen molar-refractivity contribution in [3.05, 3.63) is 28.4 Å². The highest BCUT2D eigenvalue weighted by Gasteiger charge is 2.56. The van der Waals surface area contributed by atoms with Crippen LogP contribution in [0.3, 0.4) is 0 Å². The Kier molecular flexibility index (Phi) is 7.15. The number of hydrogen-bond donors (Lipinski definition) is 7. The van der Waals surface area contributed by atoms with E-state index < -0.39 is 59.7 Å². The predicted molar refractivity (Wildman–Crippen MR) is 109 cm³/mol. The summed E-state index contributed by atoms with van der Waals surface area (Å²) in [5, 5.41) is 21.5. The second-order valence-electron chi connectivity index (χ2n) is 6.94. The van der Waals surface area contributed by atoms with Gasteiger partial charge in [-0.05, 0) is 13.0 Å². The van der Waals surface area contributed by atoms with Gasteiger partial charge < -0.3 is 44.1 Å². The highest BCUT2D eigenvalue weighted by molar-refractivity contribution is 7.66. The van der Waals surface area contributed by atoms with E-state index in [4.69, 9.17) is 20.9 Å². The first-order chi connectivity index (χ1) is 15.5. The molecule has 34 heavy (non-hydrogen) atoms. The molecule has 188 valence electrons. The molecule has 20 heteroatoms. The Morgan fingerprint density at radius 2 is 1.91 bits per heavy atom. The molecular formula is C14H18N3O14P3. The molecule has 2 aromatic rings. The zero-order chi connectivity index (χ0) is 25.7. The number of ether oxygens (including phenoxy) is 1. The maximum absolute atomic E-state index is 12.1. The third-order valence-corrected chi connectivity index (χ3v) is 8.29. The second-order valence-corrected chi connectivity index (χ2v) is 11.4. The molecule has 7 N–H and O–H groups in total. The van der Waals surface area contributed by atoms with Crippen LogP contribution in [-0.4, -0.2) is 68.7 Å². The molecule has 3 rings (SSSR count). The Balaban J connectivity index is 1.83. The maximum atomic E-state index is 12.1. The Morgan fingerprint density at radius 3 is 2.50 bits per heavy atom. The third kappa shape index (κ3) is 5.56. The van der Waals surface area contributed by atoms with Crippen molar-refractivity contribution in [2.45, 2.75) is 31.0 Å². The molecule has 0 bridgehead atoms. The summed E-state index contributed by atoms with van der Waals surface area (Å²) in [6.45, 7) is 0.416. The maximum Gasteiger partial charge on any atom is 0.490 e. The van der Waals surface area contributed by atoms with Gasteiger partial charge in [0.1, 0.15) is 23.7 Å². The average molecular weight is 545 g/mol. The van der Waals surface area contributed by atoms with Crippen LogP contribution in [0.5, 0.6) is 0 Å². The number of hydrogen-bond acceptors (Lipinski definition) is 11. The summed E-state index contributed by atoms with van der Waals surface area (Å²) in [5.74, 6) is 2.16. The summed E-state index contributed by atoms with van der Waals surface area (Å²) in [4.78, 5) is 54.6. The van der Waals surface area contributed by atoms with Crippen LogP contribution >= 0.6 is 23.5 Å². The monoisotopic (exact) mass is 545 g/mol. The fourth-order valence-electron chi connectivity index (χ4n) is 3.15. The molecule has 3 unspecified atom stereocenters. The normalized spacial score (nSPS) is 28.9. The molecule has 0 radical (unpaired) electrons. The lowest BCUT2D eigenvalue weighted by molar-refractivity contribution is -0.0715. The van der Waals surface area contributed by atoms with Gasteiger partial charge in [-0.3, -0.25) is 9.32 Å². The van der Waals surface area contributed by atoms with Crippen LogP contribution in [-0.2, 0) is 31.6 Å². The minimum Gasteiger partial charge on any atom is -0.386 e. The lowest BCUT2D eigenvalue weighted by Gasteiger charge is -2.26. The van der Waals surface area contributed by atoms with Crippen LogP contribution in [0.25, 0.3) is 11.0 Å². The van der Waals surface area contributed by atoms with E-state index in [9.17, 15) is 38.5 Å². The van der Waals surface area contributed by atoms with Crippen molar-refractivity contribution in [1.29, 1.82) is 0 Å². The van der Waals surface area contributed by atoms with E-state index in [2.05, 4.69) is 23.1 Å². The standard InChI is InChI=1S/C14H18N3O14P3/c1-3-14(20)10(18)9(6-28-33(24,25)31-34(26,27)30-32(21,22)23)29-13(14)17-5-4-8-11(17)15-7(2)16-12(8)19/h1,4-5,9-10,13,18,20H,6H2,2H3,(H,24,25)(H,26,27)(H,15,16,19)(H2,21,22,23)/t9-,10+,13-,14?/m1/s1. The van der Waals surface area contributed by atoms with Crippen molar-refractivity contribution in [1.82, 2.24) is 14.5 Å². The van der Waals surface area contributed by atoms with Crippen LogP contribution in [0, 0.1) is 19.3 Å². The summed E-state index contributed by atoms with van der Waals surface area (Å²) in [5.41, 5.74) is -2.94. The summed E-state index contributed by atoms with van der Waals surface area (Å²) in [6.07, 6.45) is 1.48. The average Bonchev–Trinajstić information content (AvgIpc) is 3.17. The smallest absolute Gasteiger partial charge is 0.386 e. The number of rotatable bonds is 8. The SMILES string of the molecule is C#CC1(O)[C@@H](O)[C@@H](COP(=O)(O)OP(=O)(O)OP(=O)(O)O)O[C@H]1n1ccc2c(=O)[nH]c(C)nc21. The minimum absolute atomic E-state index is 0.0284. The third-order valence-electron chi connectivity index (χ3n) is 4.48. The van der Waals surface area contributed by atoms with E-state index in [1.807, 2.05) is 5.92 Å². The lowest BCUT2D eigenvalue weighted by Crippen LogP contribution is -2.45. The van der Waals surface area contributed by atoms with E-state index in [0.29, 0.717) is 0 Å². The number of aryl methyl sites for hydroxylation is 1. The van der Waals surface area contributed by atoms with E-state index in [-0.39, 0.29) is 16.9 Å². The van der Waals surface area contributed by atoms with Crippen molar-refractivity contribution in [2.24, 2.45) is 0 Å². The summed E-state index contributed by atoms with van der Waals surface area (Å²) in [7, 11) is -16.9. The number of aromatic amines is 1. The van der Waals surface area contributed by atoms with E-state index in [1.165, 1.54) is 19.2 Å². The molecule has 1 aliphatic heterocycles. The first-order valence-corrected chi connectivity index (χ1v) is 13.4. The highest BCUT2D eigenvalue weighted by atomic mass is 31.3. The number of H-pyrrole nitrogens is 1. The van der Waals surface area contributed by atoms with Crippen LogP contribution in [0.2, 0.25) is 0 Å². The summed E-state index contributed by atoms with van der Waals surface area (Å²) >= 11 is 0. The number of terminal acetylenes is 1. The van der Waals surface area contributed by atoms with Gasteiger partial charge in [0, 0.05) is 6.20 Å². The quantitative estimate of drug-likeness (QED) is 0.155. The molecule has 0 saturated carbocycles. The molecule has 1 aliphatic rings. The number of nitrogens with zero attached hydrogens (tertiary/aromatic N) is 2. The van der Waals surface area contributed by atoms with Crippen LogP contribution < -0.4 is 5.56 Å². The lowest BCUT2D eigenvalue weighted by atomic mass is 9.95. The van der Waals surface area contributed by atoms with Crippen molar-refractivity contribution in [3.63, 3.8) is 0 Å². The first-order valence-electron chi connectivity index (χ1n) is 8.87. The van der Waals surface area contributed by atoms with Crippen molar-refractivity contribution in [3.8, 4) is 12.3 Å². The van der Waals surface area contributed by atoms with Gasteiger partial charge in [0.25, 0.3) is 5.56 Å². The Labute approximate surface area is 189 Å². The molecule has 0 amide bonds. The second kappa shape index (κ2) is 9.05. The van der Waals surface area contributed by atoms with Gasteiger partial charge in [-0.25, -0.2) is 18.7 Å². The molecule has 0 spiro atoms. The van der Waals surface area contributed by atoms with E-state index in [0.717, 1.165) is 4.57 Å². The number of aromatic nitrogens is 3. The zero-order valence-electron chi connectivity index (χ0n) is 16.9. The van der Waals surface area contributed by atoms with Gasteiger partial charge in [-0.2, -0.15) is 8.62 Å². The molecule has 17 nitrogen and oxygen atoms in total. The van der Waals surface area contributed by atoms with Crippen molar-refractivity contribution >= 4 is 34.5 Å². The molecule has 0 aliphatic carbocycles. The highest BCUT2D eigenvalue weighted by Crippen LogP contribution is 2.66. The van der Waals surface area contributed by atoms with Gasteiger partial charge in [-0.1, -0.05) is 5.92 Å². The molecular weight excluding hydrogens is 527 g/mol. The molecule has 1 fully saturated rings. The summed E-state index contributed by atoms with van der Waals surface area (Å²) < 4.78 is 52.2. The Hall–Kier alpha value is -1.73. The number of aliphatic hydroxyl groups is 2. The number of fused-ring (bicyclic) bond motifs is 1. The molecule has 6 atom stereocenters. The first kappa shape index (κ1) is 26.9. The van der Waals surface area contributed by atoms with Gasteiger partial charge >= 0.3 is 23.5 Å². The Morgan fingerprint density at radius 1 is 1.26 bits per heavy atom. The largest absolute Gasteiger partial charge is 0.490 e. The van der Waals surface area contributed by atoms with Crippen molar-refractivity contribution in [2.75, 3.05) is 6.61 Å². The van der Waals surface area contributed by atoms with Gasteiger partial charge in [-0.15, -0.1) is 6.42 Å². The Bertz CT molecular complexity index is 1340. The zero-order valence-corrected chi connectivity index (χ0v) is 19.5. The minimum atomic E-state index is -5.76. The van der Waals surface area contributed by atoms with Crippen molar-refractivity contribution < 1.29 is 61.4 Å². The predicted octanol–water partition coefficient (Wildman–Crippen LogP) is -1.00. The van der Waals surface area contributed by atoms with Crippen LogP contribution in [0.4, 0.5) is 0 Å². The molecule has 3 heterocycles.